The molecule has 1 aliphatic rings. The molecular weight excluding hydrogens is 458 g/mol. The highest BCUT2D eigenvalue weighted by Crippen LogP contribution is 2.31. The molecule has 1 atom stereocenters. The number of piperidine rings is 1. The monoisotopic (exact) mass is 479 g/mol. The van der Waals surface area contributed by atoms with Gasteiger partial charge >= 0.3 is 0 Å². The first-order chi connectivity index (χ1) is 13.8. The summed E-state index contributed by atoms with van der Waals surface area (Å²) in [5.41, 5.74) is 1.89. The lowest BCUT2D eigenvalue weighted by Crippen LogP contribution is -2.41. The van der Waals surface area contributed by atoms with Crippen molar-refractivity contribution >= 4 is 37.4 Å². The number of sulfonamides is 1. The lowest BCUT2D eigenvalue weighted by Gasteiger charge is -2.31. The Morgan fingerprint density at radius 1 is 1.34 bits per heavy atom. The first-order valence-electron chi connectivity index (χ1n) is 9.34. The van der Waals surface area contributed by atoms with E-state index in [-0.39, 0.29) is 11.7 Å². The molecule has 1 fully saturated rings. The van der Waals surface area contributed by atoms with E-state index in [0.717, 1.165) is 23.1 Å². The second kappa shape index (κ2) is 7.92. The topological polar surface area (TPSA) is 99.8 Å². The van der Waals surface area contributed by atoms with Crippen molar-refractivity contribution in [2.24, 2.45) is 5.92 Å². The number of aromatic hydroxyl groups is 1. The number of para-hydroxylation sites is 1. The van der Waals surface area contributed by atoms with Crippen LogP contribution in [0.2, 0.25) is 0 Å². The summed E-state index contributed by atoms with van der Waals surface area (Å²) in [6.45, 7) is 1.70. The molecule has 8 nitrogen and oxygen atoms in total. The van der Waals surface area contributed by atoms with Gasteiger partial charge in [-0.05, 0) is 46.8 Å². The van der Waals surface area contributed by atoms with Crippen LogP contribution in [0.4, 0.5) is 5.82 Å². The van der Waals surface area contributed by atoms with Gasteiger partial charge in [-0.1, -0.05) is 12.1 Å². The summed E-state index contributed by atoms with van der Waals surface area (Å²) < 4.78 is 27.7. The lowest BCUT2D eigenvalue weighted by molar-refractivity contribution is 0.276. The molecule has 1 aliphatic heterocycles. The zero-order valence-corrected chi connectivity index (χ0v) is 18.3. The van der Waals surface area contributed by atoms with Gasteiger partial charge in [0.15, 0.2) is 5.65 Å². The standard InChI is InChI=1S/C19H22BrN5O3S/c1-29(27,28)24-8-4-5-13(12-24)10-21-18-9-16(14-6-2-3-7-17(14)26)23-19-15(20)11-22-25(18)19/h2-3,6-7,9,11,13,21,26H,4-5,8,10,12H2,1H3. The van der Waals surface area contributed by atoms with Gasteiger partial charge in [0.2, 0.25) is 10.0 Å². The second-order valence-corrected chi connectivity index (χ2v) is 10.1. The average Bonchev–Trinajstić information content (AvgIpc) is 3.07. The molecule has 0 aliphatic carbocycles. The van der Waals surface area contributed by atoms with Crippen molar-refractivity contribution in [1.82, 2.24) is 18.9 Å². The molecule has 154 valence electrons. The molecule has 3 aromatic rings. The minimum atomic E-state index is -3.18. The van der Waals surface area contributed by atoms with Crippen molar-refractivity contribution < 1.29 is 13.5 Å². The zero-order chi connectivity index (χ0) is 20.6. The maximum absolute atomic E-state index is 11.9. The third-order valence-electron chi connectivity index (χ3n) is 5.13. The molecule has 1 aromatic carbocycles. The second-order valence-electron chi connectivity index (χ2n) is 7.28. The molecule has 2 N–H and O–H groups in total. The first kappa shape index (κ1) is 20.1. The van der Waals surface area contributed by atoms with E-state index in [1.807, 2.05) is 18.2 Å². The van der Waals surface area contributed by atoms with E-state index in [0.29, 0.717) is 36.5 Å². The Morgan fingerprint density at radius 3 is 2.90 bits per heavy atom. The maximum Gasteiger partial charge on any atom is 0.211 e. The molecule has 0 bridgehead atoms. The third-order valence-corrected chi connectivity index (χ3v) is 6.96. The summed E-state index contributed by atoms with van der Waals surface area (Å²) in [7, 11) is -3.18. The number of nitrogens with one attached hydrogen (secondary N) is 1. The van der Waals surface area contributed by atoms with Gasteiger partial charge in [-0.3, -0.25) is 0 Å². The summed E-state index contributed by atoms with van der Waals surface area (Å²) in [6, 6.07) is 8.90. The van der Waals surface area contributed by atoms with E-state index in [9.17, 15) is 13.5 Å². The number of rotatable bonds is 5. The number of phenolic OH excluding ortho intramolecular Hbond substituents is 1. The molecule has 0 radical (unpaired) electrons. The minimum Gasteiger partial charge on any atom is -0.507 e. The average molecular weight is 480 g/mol. The van der Waals surface area contributed by atoms with Crippen molar-refractivity contribution in [1.29, 1.82) is 0 Å². The molecule has 4 rings (SSSR count). The van der Waals surface area contributed by atoms with Crippen LogP contribution in [-0.2, 0) is 10.0 Å². The van der Waals surface area contributed by atoms with E-state index in [1.165, 1.54) is 6.26 Å². The number of phenols is 1. The fourth-order valence-corrected chi connectivity index (χ4v) is 4.92. The van der Waals surface area contributed by atoms with Crippen molar-refractivity contribution in [2.45, 2.75) is 12.8 Å². The van der Waals surface area contributed by atoms with Crippen molar-refractivity contribution in [3.63, 3.8) is 0 Å². The van der Waals surface area contributed by atoms with Crippen LogP contribution in [0.1, 0.15) is 12.8 Å². The van der Waals surface area contributed by atoms with Crippen LogP contribution in [0.5, 0.6) is 5.75 Å². The van der Waals surface area contributed by atoms with Crippen LogP contribution < -0.4 is 5.32 Å². The van der Waals surface area contributed by atoms with Crippen LogP contribution >= 0.6 is 15.9 Å². The Bertz CT molecular complexity index is 1150. The fraction of sp³-hybridized carbons (Fsp3) is 0.368. The van der Waals surface area contributed by atoms with E-state index in [1.54, 1.807) is 27.2 Å². The van der Waals surface area contributed by atoms with E-state index < -0.39 is 10.0 Å². The Morgan fingerprint density at radius 2 is 2.14 bits per heavy atom. The lowest BCUT2D eigenvalue weighted by atomic mass is 10.00. The number of hydrogen-bond donors (Lipinski definition) is 2. The van der Waals surface area contributed by atoms with Crippen molar-refractivity contribution in [3.05, 3.63) is 41.0 Å². The fourth-order valence-electron chi connectivity index (χ4n) is 3.63. The summed E-state index contributed by atoms with van der Waals surface area (Å²) in [4.78, 5) is 4.63. The SMILES string of the molecule is CS(=O)(=O)N1CCCC(CNc2cc(-c3ccccc3O)nc3c(Br)cnn23)C1. The van der Waals surface area contributed by atoms with Gasteiger partial charge in [-0.2, -0.15) is 9.61 Å². The highest BCUT2D eigenvalue weighted by molar-refractivity contribution is 9.10. The summed E-state index contributed by atoms with van der Waals surface area (Å²) >= 11 is 3.47. The number of aromatic nitrogens is 3. The van der Waals surface area contributed by atoms with Gasteiger partial charge in [-0.15, -0.1) is 0 Å². The zero-order valence-electron chi connectivity index (χ0n) is 15.9. The molecule has 10 heteroatoms. The predicted molar refractivity (Wildman–Crippen MR) is 115 cm³/mol. The number of anilines is 1. The Hall–Kier alpha value is -2.17. The summed E-state index contributed by atoms with van der Waals surface area (Å²) in [5.74, 6) is 1.09. The number of halogens is 1. The van der Waals surface area contributed by atoms with Gasteiger partial charge in [0, 0.05) is 31.3 Å². The van der Waals surface area contributed by atoms with Crippen LogP contribution in [0.15, 0.2) is 41.0 Å². The summed E-state index contributed by atoms with van der Waals surface area (Å²) in [5, 5.41) is 18.0. The molecule has 29 heavy (non-hydrogen) atoms. The number of fused-ring (bicyclic) bond motifs is 1. The highest BCUT2D eigenvalue weighted by atomic mass is 79.9. The van der Waals surface area contributed by atoms with Gasteiger partial charge in [0.25, 0.3) is 0 Å². The minimum absolute atomic E-state index is 0.155. The van der Waals surface area contributed by atoms with Gasteiger partial charge in [0.1, 0.15) is 11.6 Å². The third kappa shape index (κ3) is 4.24. The number of benzene rings is 1. The maximum atomic E-state index is 11.9. The highest BCUT2D eigenvalue weighted by Gasteiger charge is 2.26. The molecule has 1 unspecified atom stereocenters. The first-order valence-corrected chi connectivity index (χ1v) is 12.0. The summed E-state index contributed by atoms with van der Waals surface area (Å²) in [6.07, 6.45) is 4.74. The Balaban J connectivity index is 1.62. The normalized spacial score (nSPS) is 18.2. The Labute approximate surface area is 177 Å². The smallest absolute Gasteiger partial charge is 0.211 e. The molecular formula is C19H22BrN5O3S. The van der Waals surface area contributed by atoms with E-state index in [4.69, 9.17) is 0 Å². The molecule has 3 heterocycles. The number of hydrogen-bond acceptors (Lipinski definition) is 6. The van der Waals surface area contributed by atoms with Gasteiger partial charge < -0.3 is 10.4 Å². The molecule has 2 aromatic heterocycles. The number of nitrogens with zero attached hydrogens (tertiary/aromatic N) is 4. The van der Waals surface area contributed by atoms with Crippen LogP contribution in [-0.4, -0.2) is 58.3 Å². The Kier molecular flexibility index (Phi) is 5.50. The molecule has 0 spiro atoms. The molecule has 0 saturated carbocycles. The van der Waals surface area contributed by atoms with Crippen LogP contribution in [0.3, 0.4) is 0 Å². The van der Waals surface area contributed by atoms with Gasteiger partial charge in [0.05, 0.1) is 22.6 Å². The predicted octanol–water partition coefficient (Wildman–Crippen LogP) is 2.95. The molecule has 0 amide bonds. The van der Waals surface area contributed by atoms with Crippen LogP contribution in [0, 0.1) is 5.92 Å². The quantitative estimate of drug-likeness (QED) is 0.583. The van der Waals surface area contributed by atoms with E-state index >= 15 is 0 Å². The largest absolute Gasteiger partial charge is 0.507 e. The van der Waals surface area contributed by atoms with E-state index in [2.05, 4.69) is 31.3 Å². The van der Waals surface area contributed by atoms with Gasteiger partial charge in [-0.25, -0.2) is 17.7 Å². The van der Waals surface area contributed by atoms with Crippen LogP contribution in [0.25, 0.3) is 16.9 Å². The van der Waals surface area contributed by atoms with Crippen molar-refractivity contribution in [3.8, 4) is 17.0 Å². The molecule has 1 saturated heterocycles. The van der Waals surface area contributed by atoms with Crippen molar-refractivity contribution in [2.75, 3.05) is 31.2 Å².